The van der Waals surface area contributed by atoms with E-state index >= 15 is 0 Å². The quantitative estimate of drug-likeness (QED) is 0.281. The van der Waals surface area contributed by atoms with Gasteiger partial charge >= 0.3 is 5.97 Å². The van der Waals surface area contributed by atoms with E-state index in [2.05, 4.69) is 6.58 Å². The number of carbonyl (C=O) groups is 1. The number of benzene rings is 3. The van der Waals surface area contributed by atoms with E-state index in [4.69, 9.17) is 9.47 Å². The van der Waals surface area contributed by atoms with Gasteiger partial charge in [-0.25, -0.2) is 4.39 Å². The highest BCUT2D eigenvalue weighted by atomic mass is 19.1. The first-order valence-corrected chi connectivity index (χ1v) is 12.8. The standard InChI is InChI=1S/C32H35FO5/c1-6-32(3,4)30(34)28-15-20(7-12-25(28)27-16-22(37-5)11-14-29(27)33)18-38-23-10-8-21-9-13-24(26(21)17-23)19(2)31(35)36/h6-8,10-12,14-17,19,24,30,34H,1,9,13,18H2,2-5H3,(H,35,36)/t19-,24-,30+/m0/s1. The zero-order valence-corrected chi connectivity index (χ0v) is 22.3. The summed E-state index contributed by atoms with van der Waals surface area (Å²) in [6.45, 7) is 9.59. The largest absolute Gasteiger partial charge is 0.497 e. The Balaban J connectivity index is 1.65. The first kappa shape index (κ1) is 27.4. The van der Waals surface area contributed by atoms with Crippen molar-refractivity contribution in [2.45, 2.75) is 52.2 Å². The molecule has 0 amide bonds. The lowest BCUT2D eigenvalue weighted by atomic mass is 9.79. The fourth-order valence-electron chi connectivity index (χ4n) is 5.08. The van der Waals surface area contributed by atoms with Gasteiger partial charge in [0.1, 0.15) is 23.9 Å². The Morgan fingerprint density at radius 2 is 1.87 bits per heavy atom. The molecular weight excluding hydrogens is 483 g/mol. The van der Waals surface area contributed by atoms with Crippen LogP contribution in [0.2, 0.25) is 0 Å². The summed E-state index contributed by atoms with van der Waals surface area (Å²) < 4.78 is 26.3. The van der Waals surface area contributed by atoms with Gasteiger partial charge < -0.3 is 19.7 Å². The number of aliphatic hydroxyl groups excluding tert-OH is 1. The molecule has 3 atom stereocenters. The highest BCUT2D eigenvalue weighted by Crippen LogP contribution is 2.42. The second-order valence-corrected chi connectivity index (χ2v) is 10.6. The van der Waals surface area contributed by atoms with Crippen LogP contribution in [0.4, 0.5) is 4.39 Å². The van der Waals surface area contributed by atoms with Gasteiger partial charge in [0.15, 0.2) is 0 Å². The Morgan fingerprint density at radius 3 is 2.55 bits per heavy atom. The van der Waals surface area contributed by atoms with Crippen molar-refractivity contribution in [1.29, 1.82) is 0 Å². The van der Waals surface area contributed by atoms with E-state index in [1.54, 1.807) is 31.2 Å². The van der Waals surface area contributed by atoms with Gasteiger partial charge in [0.05, 0.1) is 19.1 Å². The molecule has 0 bridgehead atoms. The summed E-state index contributed by atoms with van der Waals surface area (Å²) in [6, 6.07) is 15.9. The molecule has 0 radical (unpaired) electrons. The molecule has 1 aliphatic rings. The van der Waals surface area contributed by atoms with E-state index in [9.17, 15) is 19.4 Å². The topological polar surface area (TPSA) is 76.0 Å². The second-order valence-electron chi connectivity index (χ2n) is 10.6. The minimum absolute atomic E-state index is 0.0361. The lowest BCUT2D eigenvalue weighted by Crippen LogP contribution is -2.20. The smallest absolute Gasteiger partial charge is 0.306 e. The minimum atomic E-state index is -0.946. The molecule has 38 heavy (non-hydrogen) atoms. The maximum atomic E-state index is 14.9. The van der Waals surface area contributed by atoms with Crippen LogP contribution in [0.1, 0.15) is 61.5 Å². The van der Waals surface area contributed by atoms with Gasteiger partial charge in [0, 0.05) is 11.0 Å². The highest BCUT2D eigenvalue weighted by Gasteiger charge is 2.32. The Labute approximate surface area is 223 Å². The zero-order chi connectivity index (χ0) is 27.6. The fraction of sp³-hybridized carbons (Fsp3) is 0.344. The molecule has 1 aliphatic carbocycles. The first-order valence-electron chi connectivity index (χ1n) is 12.8. The van der Waals surface area contributed by atoms with E-state index in [1.807, 2.05) is 44.2 Å². The van der Waals surface area contributed by atoms with Crippen LogP contribution in [0.15, 0.2) is 67.3 Å². The van der Waals surface area contributed by atoms with Crippen molar-refractivity contribution in [1.82, 2.24) is 0 Å². The molecule has 0 fully saturated rings. The van der Waals surface area contributed by atoms with Gasteiger partial charge in [-0.15, -0.1) is 6.58 Å². The molecule has 5 nitrogen and oxygen atoms in total. The summed E-state index contributed by atoms with van der Waals surface area (Å²) in [6.07, 6.45) is 2.42. The molecule has 4 rings (SSSR count). The van der Waals surface area contributed by atoms with Crippen molar-refractivity contribution < 1.29 is 28.9 Å². The monoisotopic (exact) mass is 518 g/mol. The average Bonchev–Trinajstić information content (AvgIpc) is 3.34. The summed E-state index contributed by atoms with van der Waals surface area (Å²) in [5, 5.41) is 20.8. The van der Waals surface area contributed by atoms with Crippen molar-refractivity contribution in [2.24, 2.45) is 11.3 Å². The number of aliphatic carboxylic acids is 1. The molecule has 0 spiro atoms. The fourth-order valence-corrected chi connectivity index (χ4v) is 5.08. The number of halogens is 1. The van der Waals surface area contributed by atoms with E-state index in [0.29, 0.717) is 28.2 Å². The SMILES string of the molecule is C=CC(C)(C)[C@H](O)c1cc(COc2ccc3c(c2)[C@H]([C@H](C)C(=O)O)CC3)ccc1-c1cc(OC)ccc1F. The zero-order valence-electron chi connectivity index (χ0n) is 22.3. The summed E-state index contributed by atoms with van der Waals surface area (Å²) >= 11 is 0. The lowest BCUT2D eigenvalue weighted by molar-refractivity contribution is -0.141. The predicted molar refractivity (Wildman–Crippen MR) is 146 cm³/mol. The number of hydrogen-bond acceptors (Lipinski definition) is 4. The molecule has 0 heterocycles. The van der Waals surface area contributed by atoms with Gasteiger partial charge in [-0.1, -0.05) is 45.0 Å². The Morgan fingerprint density at radius 1 is 1.13 bits per heavy atom. The van der Waals surface area contributed by atoms with Gasteiger partial charge in [0.2, 0.25) is 0 Å². The van der Waals surface area contributed by atoms with Crippen LogP contribution < -0.4 is 9.47 Å². The third kappa shape index (κ3) is 5.46. The predicted octanol–water partition coefficient (Wildman–Crippen LogP) is 7.08. The molecule has 0 saturated carbocycles. The Hall–Kier alpha value is -3.64. The van der Waals surface area contributed by atoms with Crippen molar-refractivity contribution >= 4 is 5.97 Å². The van der Waals surface area contributed by atoms with Crippen molar-refractivity contribution in [3.8, 4) is 22.6 Å². The Kier molecular flexibility index (Phi) is 7.93. The van der Waals surface area contributed by atoms with Crippen LogP contribution in [-0.4, -0.2) is 23.3 Å². The van der Waals surface area contributed by atoms with Crippen LogP contribution in [0.3, 0.4) is 0 Å². The molecular formula is C32H35FO5. The number of methoxy groups -OCH3 is 1. The number of carboxylic acids is 1. The number of aliphatic hydroxyl groups is 1. The van der Waals surface area contributed by atoms with Crippen molar-refractivity contribution in [3.63, 3.8) is 0 Å². The number of fused-ring (bicyclic) bond motifs is 1. The molecule has 2 N–H and O–H groups in total. The molecule has 0 unspecified atom stereocenters. The molecule has 0 saturated heterocycles. The molecule has 3 aromatic carbocycles. The first-order chi connectivity index (χ1) is 18.1. The van der Waals surface area contributed by atoms with Crippen LogP contribution in [0, 0.1) is 17.2 Å². The van der Waals surface area contributed by atoms with Crippen molar-refractivity contribution in [2.75, 3.05) is 7.11 Å². The molecule has 0 aliphatic heterocycles. The van der Waals surface area contributed by atoms with Gasteiger partial charge in [0.25, 0.3) is 0 Å². The van der Waals surface area contributed by atoms with Gasteiger partial charge in [-0.3, -0.25) is 4.79 Å². The third-order valence-electron chi connectivity index (χ3n) is 7.75. The average molecular weight is 519 g/mol. The summed E-state index contributed by atoms with van der Waals surface area (Å²) in [7, 11) is 1.53. The summed E-state index contributed by atoms with van der Waals surface area (Å²) in [4.78, 5) is 11.6. The number of carboxylic acid groups (broad SMARTS) is 1. The number of hydrogen-bond donors (Lipinski definition) is 2. The molecule has 3 aromatic rings. The number of ether oxygens (including phenoxy) is 2. The van der Waals surface area contributed by atoms with Gasteiger partial charge in [-0.05, 0) is 83.0 Å². The molecule has 200 valence electrons. The van der Waals surface area contributed by atoms with Crippen LogP contribution >= 0.6 is 0 Å². The normalized spacial score (nSPS) is 16.4. The van der Waals surface area contributed by atoms with E-state index in [0.717, 1.165) is 29.5 Å². The molecule has 6 heteroatoms. The van der Waals surface area contributed by atoms with E-state index in [1.165, 1.54) is 13.2 Å². The lowest BCUT2D eigenvalue weighted by Gasteiger charge is -2.29. The summed E-state index contributed by atoms with van der Waals surface area (Å²) in [5.74, 6) is -0.536. The summed E-state index contributed by atoms with van der Waals surface area (Å²) in [5.41, 5.74) is 3.80. The number of aryl methyl sites for hydroxylation is 1. The van der Waals surface area contributed by atoms with E-state index < -0.39 is 29.2 Å². The van der Waals surface area contributed by atoms with Crippen LogP contribution in [-0.2, 0) is 17.8 Å². The third-order valence-corrected chi connectivity index (χ3v) is 7.75. The Bertz CT molecular complexity index is 1350. The van der Waals surface area contributed by atoms with Crippen LogP contribution in [0.25, 0.3) is 11.1 Å². The highest BCUT2D eigenvalue weighted by molar-refractivity contribution is 5.72. The number of rotatable bonds is 10. The maximum absolute atomic E-state index is 14.9. The van der Waals surface area contributed by atoms with Gasteiger partial charge in [-0.2, -0.15) is 0 Å². The van der Waals surface area contributed by atoms with E-state index in [-0.39, 0.29) is 12.5 Å². The molecule has 0 aromatic heterocycles. The second kappa shape index (κ2) is 11.0. The van der Waals surface area contributed by atoms with Crippen LogP contribution in [0.5, 0.6) is 11.5 Å². The maximum Gasteiger partial charge on any atom is 0.306 e. The van der Waals surface area contributed by atoms with Crippen molar-refractivity contribution in [3.05, 3.63) is 95.3 Å². The minimum Gasteiger partial charge on any atom is -0.497 e.